The minimum atomic E-state index is 0.418. The first-order chi connectivity index (χ1) is 9.92. The van der Waals surface area contributed by atoms with Gasteiger partial charge in [-0.2, -0.15) is 0 Å². The van der Waals surface area contributed by atoms with Crippen molar-refractivity contribution in [2.24, 2.45) is 0 Å². The van der Waals surface area contributed by atoms with E-state index in [-0.39, 0.29) is 0 Å². The van der Waals surface area contributed by atoms with Gasteiger partial charge in [-0.1, -0.05) is 30.3 Å². The van der Waals surface area contributed by atoms with Gasteiger partial charge in [0, 0.05) is 11.6 Å². The van der Waals surface area contributed by atoms with Crippen molar-refractivity contribution >= 4 is 11.1 Å². The average molecular weight is 264 g/mol. The highest BCUT2D eigenvalue weighted by atomic mass is 16.3. The number of rotatable bonds is 2. The summed E-state index contributed by atoms with van der Waals surface area (Å²) in [6, 6.07) is 16.7. The molecular weight excluding hydrogens is 248 g/mol. The highest BCUT2D eigenvalue weighted by molar-refractivity contribution is 5.76. The Labute approximate surface area is 117 Å². The van der Waals surface area contributed by atoms with Crippen LogP contribution in [0.4, 0.5) is 0 Å². The van der Waals surface area contributed by atoms with Gasteiger partial charge in [-0.25, -0.2) is 4.98 Å². The maximum absolute atomic E-state index is 5.92. The van der Waals surface area contributed by atoms with E-state index in [0.29, 0.717) is 6.04 Å². The van der Waals surface area contributed by atoms with Crippen molar-refractivity contribution in [1.82, 2.24) is 10.3 Å². The van der Waals surface area contributed by atoms with Gasteiger partial charge in [0.1, 0.15) is 5.52 Å². The number of aromatic nitrogens is 1. The van der Waals surface area contributed by atoms with Crippen LogP contribution in [0.5, 0.6) is 0 Å². The summed E-state index contributed by atoms with van der Waals surface area (Å²) in [5.74, 6) is 0.718. The Balaban J connectivity index is 1.84. The van der Waals surface area contributed by atoms with Gasteiger partial charge in [-0.3, -0.25) is 0 Å². The number of benzene rings is 2. The van der Waals surface area contributed by atoms with Crippen LogP contribution in [-0.2, 0) is 0 Å². The topological polar surface area (TPSA) is 38.1 Å². The predicted molar refractivity (Wildman–Crippen MR) is 79.4 cm³/mol. The van der Waals surface area contributed by atoms with E-state index in [4.69, 9.17) is 4.42 Å². The van der Waals surface area contributed by atoms with Gasteiger partial charge in [0.15, 0.2) is 5.58 Å². The van der Waals surface area contributed by atoms with Crippen molar-refractivity contribution in [2.75, 3.05) is 6.54 Å². The molecule has 4 rings (SSSR count). The summed E-state index contributed by atoms with van der Waals surface area (Å²) in [4.78, 5) is 4.62. The van der Waals surface area contributed by atoms with Gasteiger partial charge in [0.05, 0.1) is 0 Å². The first-order valence-electron chi connectivity index (χ1n) is 7.10. The van der Waals surface area contributed by atoms with Crippen LogP contribution in [0.15, 0.2) is 52.9 Å². The molecule has 0 spiro atoms. The molecular formula is C17H16N2O. The van der Waals surface area contributed by atoms with E-state index in [1.54, 1.807) is 0 Å². The normalized spacial score (nSPS) is 18.7. The fourth-order valence-electron chi connectivity index (χ4n) is 2.93. The summed E-state index contributed by atoms with van der Waals surface area (Å²) in [5.41, 5.74) is 4.15. The van der Waals surface area contributed by atoms with Crippen molar-refractivity contribution in [1.29, 1.82) is 0 Å². The summed E-state index contributed by atoms with van der Waals surface area (Å²) >= 11 is 0. The van der Waals surface area contributed by atoms with E-state index in [1.165, 1.54) is 18.4 Å². The number of para-hydroxylation sites is 2. The Morgan fingerprint density at radius 1 is 1.05 bits per heavy atom. The lowest BCUT2D eigenvalue weighted by Crippen LogP contribution is -2.13. The van der Waals surface area contributed by atoms with Crippen LogP contribution in [0.1, 0.15) is 24.4 Å². The largest absolute Gasteiger partial charge is 0.436 e. The molecule has 20 heavy (non-hydrogen) atoms. The SMILES string of the molecule is c1ccc(C2CCCN2)c(-c2nc3ccccc3o2)c1. The fraction of sp³-hybridized carbons (Fsp3) is 0.235. The summed E-state index contributed by atoms with van der Waals surface area (Å²) in [6.45, 7) is 1.09. The van der Waals surface area contributed by atoms with Gasteiger partial charge in [0.25, 0.3) is 0 Å². The molecule has 1 aliphatic heterocycles. The molecule has 3 heteroatoms. The van der Waals surface area contributed by atoms with Crippen LogP contribution in [0, 0.1) is 0 Å². The number of nitrogens with zero attached hydrogens (tertiary/aromatic N) is 1. The Morgan fingerprint density at radius 3 is 2.75 bits per heavy atom. The van der Waals surface area contributed by atoms with Gasteiger partial charge in [-0.05, 0) is 43.1 Å². The molecule has 0 radical (unpaired) electrons. The van der Waals surface area contributed by atoms with Crippen LogP contribution in [-0.4, -0.2) is 11.5 Å². The number of oxazole rings is 1. The minimum absolute atomic E-state index is 0.418. The second-order valence-electron chi connectivity index (χ2n) is 5.22. The molecule has 1 aromatic heterocycles. The zero-order valence-electron chi connectivity index (χ0n) is 11.2. The molecule has 1 atom stereocenters. The molecule has 0 saturated carbocycles. The van der Waals surface area contributed by atoms with Crippen molar-refractivity contribution < 1.29 is 4.42 Å². The van der Waals surface area contributed by atoms with Crippen molar-refractivity contribution in [3.63, 3.8) is 0 Å². The first kappa shape index (κ1) is 11.7. The minimum Gasteiger partial charge on any atom is -0.436 e. The molecule has 1 N–H and O–H groups in total. The molecule has 2 aromatic carbocycles. The number of hydrogen-bond acceptors (Lipinski definition) is 3. The Kier molecular flexibility index (Phi) is 2.78. The summed E-state index contributed by atoms with van der Waals surface area (Å²) in [6.07, 6.45) is 2.41. The molecule has 2 heterocycles. The molecule has 0 bridgehead atoms. The van der Waals surface area contributed by atoms with Crippen molar-refractivity contribution in [3.8, 4) is 11.5 Å². The van der Waals surface area contributed by atoms with E-state index in [0.717, 1.165) is 29.1 Å². The lowest BCUT2D eigenvalue weighted by Gasteiger charge is -2.13. The molecule has 1 unspecified atom stereocenters. The standard InChI is InChI=1S/C17H16N2O/c1-2-7-13(12(6-1)14-9-5-11-18-14)17-19-15-8-3-4-10-16(15)20-17/h1-4,6-8,10,14,18H,5,9,11H2. The molecule has 1 fully saturated rings. The summed E-state index contributed by atoms with van der Waals surface area (Å²) in [5, 5.41) is 3.55. The van der Waals surface area contributed by atoms with Crippen LogP contribution in [0.2, 0.25) is 0 Å². The number of hydrogen-bond donors (Lipinski definition) is 1. The zero-order chi connectivity index (χ0) is 13.4. The Hall–Kier alpha value is -2.13. The third kappa shape index (κ3) is 1.91. The molecule has 0 aliphatic carbocycles. The first-order valence-corrected chi connectivity index (χ1v) is 7.10. The monoisotopic (exact) mass is 264 g/mol. The van der Waals surface area contributed by atoms with Crippen LogP contribution in [0.25, 0.3) is 22.6 Å². The van der Waals surface area contributed by atoms with Crippen molar-refractivity contribution in [2.45, 2.75) is 18.9 Å². The smallest absolute Gasteiger partial charge is 0.227 e. The van der Waals surface area contributed by atoms with E-state index < -0.39 is 0 Å². The molecule has 1 saturated heterocycles. The Morgan fingerprint density at radius 2 is 1.90 bits per heavy atom. The maximum Gasteiger partial charge on any atom is 0.227 e. The predicted octanol–water partition coefficient (Wildman–Crippen LogP) is 3.92. The van der Waals surface area contributed by atoms with Crippen LogP contribution in [0.3, 0.4) is 0 Å². The number of fused-ring (bicyclic) bond motifs is 1. The van der Waals surface area contributed by atoms with E-state index in [2.05, 4.69) is 28.5 Å². The van der Waals surface area contributed by atoms with Gasteiger partial charge >= 0.3 is 0 Å². The zero-order valence-corrected chi connectivity index (χ0v) is 11.2. The van der Waals surface area contributed by atoms with Gasteiger partial charge < -0.3 is 9.73 Å². The molecule has 3 nitrogen and oxygen atoms in total. The van der Waals surface area contributed by atoms with E-state index >= 15 is 0 Å². The molecule has 100 valence electrons. The number of nitrogens with one attached hydrogen (secondary N) is 1. The quantitative estimate of drug-likeness (QED) is 0.762. The second kappa shape index (κ2) is 4.76. The lowest BCUT2D eigenvalue weighted by atomic mass is 9.99. The highest BCUT2D eigenvalue weighted by Crippen LogP contribution is 2.33. The maximum atomic E-state index is 5.92. The Bertz CT molecular complexity index is 708. The fourth-order valence-corrected chi connectivity index (χ4v) is 2.93. The third-order valence-corrected chi connectivity index (χ3v) is 3.92. The second-order valence-corrected chi connectivity index (χ2v) is 5.22. The van der Waals surface area contributed by atoms with Gasteiger partial charge in [0.2, 0.25) is 5.89 Å². The van der Waals surface area contributed by atoms with Gasteiger partial charge in [-0.15, -0.1) is 0 Å². The average Bonchev–Trinajstić information content (AvgIpc) is 3.16. The molecule has 1 aliphatic rings. The lowest BCUT2D eigenvalue weighted by molar-refractivity contribution is 0.609. The van der Waals surface area contributed by atoms with E-state index in [9.17, 15) is 0 Å². The summed E-state index contributed by atoms with van der Waals surface area (Å²) in [7, 11) is 0. The summed E-state index contributed by atoms with van der Waals surface area (Å²) < 4.78 is 5.92. The van der Waals surface area contributed by atoms with E-state index in [1.807, 2.05) is 30.3 Å². The van der Waals surface area contributed by atoms with Crippen LogP contribution < -0.4 is 5.32 Å². The van der Waals surface area contributed by atoms with Crippen LogP contribution >= 0.6 is 0 Å². The third-order valence-electron chi connectivity index (χ3n) is 3.92. The highest BCUT2D eigenvalue weighted by Gasteiger charge is 2.21. The van der Waals surface area contributed by atoms with Crippen molar-refractivity contribution in [3.05, 3.63) is 54.1 Å². The molecule has 0 amide bonds. The molecule has 3 aromatic rings.